The molecule has 0 aliphatic heterocycles. The monoisotopic (exact) mass is 322 g/mol. The summed E-state index contributed by atoms with van der Waals surface area (Å²) >= 11 is 3.62. The number of nitrogens with two attached hydrogens (primary N) is 1. The number of allylic oxidation sites excluding steroid dienone is 1. The van der Waals surface area contributed by atoms with Gasteiger partial charge in [0.2, 0.25) is 0 Å². The molecule has 0 saturated carbocycles. The third-order valence-electron chi connectivity index (χ3n) is 3.86. The molecule has 104 valence electrons. The van der Waals surface area contributed by atoms with Crippen LogP contribution in [-0.2, 0) is 6.42 Å². The maximum Gasteiger partial charge on any atom is 0.0460 e. The highest BCUT2D eigenvalue weighted by atomic mass is 79.9. The molecule has 1 aromatic rings. The Morgan fingerprint density at radius 2 is 1.95 bits per heavy atom. The van der Waals surface area contributed by atoms with Gasteiger partial charge in [-0.05, 0) is 43.7 Å². The lowest BCUT2D eigenvalue weighted by Gasteiger charge is -2.22. The Morgan fingerprint density at radius 1 is 1.16 bits per heavy atom. The summed E-state index contributed by atoms with van der Waals surface area (Å²) in [6.45, 7) is 0. The second-order valence-electron chi connectivity index (χ2n) is 5.25. The van der Waals surface area contributed by atoms with Crippen molar-refractivity contribution < 1.29 is 0 Å². The van der Waals surface area contributed by atoms with Gasteiger partial charge in [-0.15, -0.1) is 0 Å². The van der Waals surface area contributed by atoms with Crippen molar-refractivity contribution in [1.82, 2.24) is 5.43 Å². The second kappa shape index (κ2) is 7.83. The van der Waals surface area contributed by atoms with Gasteiger partial charge in [0.05, 0.1) is 0 Å². The van der Waals surface area contributed by atoms with E-state index < -0.39 is 0 Å². The number of hydrogen-bond acceptors (Lipinski definition) is 2. The average molecular weight is 323 g/mol. The predicted molar refractivity (Wildman–Crippen MR) is 84.7 cm³/mol. The second-order valence-corrected chi connectivity index (χ2v) is 6.10. The van der Waals surface area contributed by atoms with Gasteiger partial charge in [0.25, 0.3) is 0 Å². The van der Waals surface area contributed by atoms with Gasteiger partial charge in [0.15, 0.2) is 0 Å². The van der Waals surface area contributed by atoms with Crippen molar-refractivity contribution in [3.8, 4) is 0 Å². The molecule has 0 radical (unpaired) electrons. The van der Waals surface area contributed by atoms with Crippen LogP contribution in [0.4, 0.5) is 0 Å². The maximum atomic E-state index is 5.79. The van der Waals surface area contributed by atoms with Crippen molar-refractivity contribution in [3.63, 3.8) is 0 Å². The van der Waals surface area contributed by atoms with Crippen molar-refractivity contribution in [2.45, 2.75) is 51.0 Å². The Balaban J connectivity index is 2.08. The first-order valence-corrected chi connectivity index (χ1v) is 7.99. The Kier molecular flexibility index (Phi) is 6.08. The molecule has 1 unspecified atom stereocenters. The van der Waals surface area contributed by atoms with Crippen LogP contribution in [0.15, 0.2) is 40.4 Å². The largest absolute Gasteiger partial charge is 0.271 e. The van der Waals surface area contributed by atoms with Gasteiger partial charge in [0, 0.05) is 10.5 Å². The van der Waals surface area contributed by atoms with E-state index in [2.05, 4.69) is 45.6 Å². The van der Waals surface area contributed by atoms with Crippen molar-refractivity contribution in [1.29, 1.82) is 0 Å². The zero-order valence-corrected chi connectivity index (χ0v) is 13.0. The van der Waals surface area contributed by atoms with Gasteiger partial charge in [0.1, 0.15) is 0 Å². The summed E-state index contributed by atoms with van der Waals surface area (Å²) in [5.74, 6) is 5.79. The Labute approximate surface area is 124 Å². The number of benzene rings is 1. The fraction of sp³-hybridized carbons (Fsp3) is 0.500. The number of rotatable bonds is 4. The van der Waals surface area contributed by atoms with E-state index in [1.165, 1.54) is 54.1 Å². The fourth-order valence-electron chi connectivity index (χ4n) is 2.71. The first-order valence-electron chi connectivity index (χ1n) is 7.19. The third-order valence-corrected chi connectivity index (χ3v) is 4.63. The highest BCUT2D eigenvalue weighted by Crippen LogP contribution is 2.24. The number of halogens is 1. The third kappa shape index (κ3) is 4.44. The van der Waals surface area contributed by atoms with Crippen molar-refractivity contribution in [3.05, 3.63) is 46.0 Å². The molecule has 2 rings (SSSR count). The highest BCUT2D eigenvalue weighted by Gasteiger charge is 2.15. The van der Waals surface area contributed by atoms with E-state index in [0.29, 0.717) is 0 Å². The van der Waals surface area contributed by atoms with Crippen LogP contribution in [0.5, 0.6) is 0 Å². The lowest BCUT2D eigenvalue weighted by atomic mass is 9.92. The van der Waals surface area contributed by atoms with Gasteiger partial charge in [-0.2, -0.15) is 0 Å². The summed E-state index contributed by atoms with van der Waals surface area (Å²) in [6.07, 6.45) is 11.1. The molecule has 2 nitrogen and oxygen atoms in total. The molecule has 3 heteroatoms. The Morgan fingerprint density at radius 3 is 2.74 bits per heavy atom. The lowest BCUT2D eigenvalue weighted by molar-refractivity contribution is 0.536. The molecule has 0 heterocycles. The van der Waals surface area contributed by atoms with E-state index >= 15 is 0 Å². The van der Waals surface area contributed by atoms with Gasteiger partial charge >= 0.3 is 0 Å². The molecular formula is C16H23BrN2. The topological polar surface area (TPSA) is 38.0 Å². The zero-order chi connectivity index (χ0) is 13.5. The molecule has 0 fully saturated rings. The van der Waals surface area contributed by atoms with E-state index in [-0.39, 0.29) is 6.04 Å². The molecule has 0 aromatic heterocycles. The van der Waals surface area contributed by atoms with Crippen LogP contribution < -0.4 is 11.3 Å². The molecule has 3 N–H and O–H groups in total. The minimum atomic E-state index is 0.261. The molecule has 0 amide bonds. The number of nitrogens with one attached hydrogen (secondary N) is 1. The zero-order valence-electron chi connectivity index (χ0n) is 11.4. The molecule has 0 spiro atoms. The molecule has 0 saturated heterocycles. The first kappa shape index (κ1) is 14.8. The van der Waals surface area contributed by atoms with Gasteiger partial charge < -0.3 is 0 Å². The van der Waals surface area contributed by atoms with E-state index in [9.17, 15) is 0 Å². The van der Waals surface area contributed by atoms with E-state index in [1.807, 2.05) is 6.07 Å². The first-order chi connectivity index (χ1) is 9.31. The molecule has 19 heavy (non-hydrogen) atoms. The standard InChI is InChI=1S/C16H23BrN2/c17-15-11-7-6-10-14(15)12-16(19-18)13-8-4-2-1-3-5-9-13/h6-8,10-11,16,19H,1-5,9,12,18H2/b13-8+. The predicted octanol–water partition coefficient (Wildman–Crippen LogP) is 4.10. The minimum absolute atomic E-state index is 0.261. The number of hydrazine groups is 1. The van der Waals surface area contributed by atoms with Crippen LogP contribution in [0.3, 0.4) is 0 Å². The smallest absolute Gasteiger partial charge is 0.0460 e. The van der Waals surface area contributed by atoms with E-state index in [1.54, 1.807) is 0 Å². The van der Waals surface area contributed by atoms with Crippen molar-refractivity contribution >= 4 is 15.9 Å². The highest BCUT2D eigenvalue weighted by molar-refractivity contribution is 9.10. The van der Waals surface area contributed by atoms with Gasteiger partial charge in [-0.3, -0.25) is 11.3 Å². The minimum Gasteiger partial charge on any atom is -0.271 e. The van der Waals surface area contributed by atoms with Crippen molar-refractivity contribution in [2.24, 2.45) is 5.84 Å². The van der Waals surface area contributed by atoms with E-state index in [4.69, 9.17) is 5.84 Å². The average Bonchev–Trinajstić information content (AvgIpc) is 2.38. The van der Waals surface area contributed by atoms with Gasteiger partial charge in [-0.1, -0.05) is 58.6 Å². The summed E-state index contributed by atoms with van der Waals surface area (Å²) in [6, 6.07) is 8.65. The fourth-order valence-corrected chi connectivity index (χ4v) is 3.16. The van der Waals surface area contributed by atoms with Crippen LogP contribution in [0.1, 0.15) is 44.1 Å². The van der Waals surface area contributed by atoms with Crippen LogP contribution >= 0.6 is 15.9 Å². The molecule has 1 aromatic carbocycles. The quantitative estimate of drug-likeness (QED) is 0.497. The van der Waals surface area contributed by atoms with Crippen molar-refractivity contribution in [2.75, 3.05) is 0 Å². The normalized spacial score (nSPS) is 21.1. The molecule has 1 aliphatic rings. The van der Waals surface area contributed by atoms with Crippen LogP contribution in [0.2, 0.25) is 0 Å². The van der Waals surface area contributed by atoms with Crippen LogP contribution in [0, 0.1) is 0 Å². The summed E-state index contributed by atoms with van der Waals surface area (Å²) in [4.78, 5) is 0. The lowest BCUT2D eigenvalue weighted by Crippen LogP contribution is -2.38. The summed E-state index contributed by atoms with van der Waals surface area (Å²) in [5, 5.41) is 0. The van der Waals surface area contributed by atoms with Gasteiger partial charge in [-0.25, -0.2) is 0 Å². The summed E-state index contributed by atoms with van der Waals surface area (Å²) in [7, 11) is 0. The van der Waals surface area contributed by atoms with Crippen LogP contribution in [0.25, 0.3) is 0 Å². The Bertz CT molecular complexity index is 429. The van der Waals surface area contributed by atoms with E-state index in [0.717, 1.165) is 6.42 Å². The summed E-state index contributed by atoms with van der Waals surface area (Å²) in [5.41, 5.74) is 5.80. The Hall–Kier alpha value is -0.640. The maximum absolute atomic E-state index is 5.79. The summed E-state index contributed by atoms with van der Waals surface area (Å²) < 4.78 is 1.17. The number of hydrogen-bond donors (Lipinski definition) is 2. The SMILES string of the molecule is NNC(Cc1ccccc1Br)/C1=C/CCCCCC1. The molecule has 1 atom stereocenters. The van der Waals surface area contributed by atoms with Crippen LogP contribution in [-0.4, -0.2) is 6.04 Å². The molecule has 1 aliphatic carbocycles. The molecule has 0 bridgehead atoms. The molecular weight excluding hydrogens is 300 g/mol.